The van der Waals surface area contributed by atoms with E-state index >= 15 is 0 Å². The minimum absolute atomic E-state index is 0.0231. The summed E-state index contributed by atoms with van der Waals surface area (Å²) in [5, 5.41) is 9.85. The van der Waals surface area contributed by atoms with Gasteiger partial charge in [0, 0.05) is 38.9 Å². The number of ether oxygens (including phenoxy) is 3. The van der Waals surface area contributed by atoms with Gasteiger partial charge in [-0.05, 0) is 42.7 Å². The fourth-order valence-corrected chi connectivity index (χ4v) is 7.05. The number of fused-ring (bicyclic) bond motifs is 1. The normalized spacial score (nSPS) is 32.2. The van der Waals surface area contributed by atoms with Crippen molar-refractivity contribution in [3.05, 3.63) is 0 Å². The number of rotatable bonds is 9. The highest BCUT2D eigenvalue weighted by Gasteiger charge is 2.52. The number of carbonyl (C=O) groups is 1. The van der Waals surface area contributed by atoms with E-state index in [1.165, 1.54) is 6.92 Å². The molecule has 1 unspecified atom stereocenters. The Hall–Kier alpha value is -0.296. The predicted molar refractivity (Wildman–Crippen MR) is 148 cm³/mol. The van der Waals surface area contributed by atoms with Crippen molar-refractivity contribution in [2.45, 2.75) is 148 Å². The van der Waals surface area contributed by atoms with Gasteiger partial charge < -0.3 is 28.2 Å². The van der Waals surface area contributed by atoms with Crippen LogP contribution in [0, 0.1) is 5.92 Å². The molecule has 2 fully saturated rings. The molecular formula is C27H54O7Si2. The molecule has 2 rings (SSSR count). The van der Waals surface area contributed by atoms with E-state index in [9.17, 15) is 9.90 Å². The van der Waals surface area contributed by atoms with Crippen molar-refractivity contribution in [3.63, 3.8) is 0 Å². The molecule has 1 N–H and O–H groups in total. The van der Waals surface area contributed by atoms with Crippen LogP contribution in [0.1, 0.15) is 74.7 Å². The monoisotopic (exact) mass is 546 g/mol. The largest absolute Gasteiger partial charge is 0.459 e. The van der Waals surface area contributed by atoms with Crippen LogP contribution in [0.5, 0.6) is 0 Å². The third-order valence-electron chi connectivity index (χ3n) is 8.97. The van der Waals surface area contributed by atoms with E-state index in [2.05, 4.69) is 74.7 Å². The molecule has 36 heavy (non-hydrogen) atoms. The summed E-state index contributed by atoms with van der Waals surface area (Å²) in [7, 11) is -3.94. The summed E-state index contributed by atoms with van der Waals surface area (Å²) in [5.74, 6) is -0.395. The van der Waals surface area contributed by atoms with Gasteiger partial charge in [0.25, 0.3) is 0 Å². The van der Waals surface area contributed by atoms with E-state index in [1.54, 1.807) is 0 Å². The number of aliphatic hydroxyl groups excluding tert-OH is 1. The highest BCUT2D eigenvalue weighted by Crippen LogP contribution is 2.43. The second-order valence-corrected chi connectivity index (χ2v) is 23.4. The lowest BCUT2D eigenvalue weighted by Crippen LogP contribution is -2.62. The highest BCUT2D eigenvalue weighted by atomic mass is 28.4. The molecular weight excluding hydrogens is 492 g/mol. The molecule has 0 aromatic carbocycles. The van der Waals surface area contributed by atoms with Crippen LogP contribution in [0.4, 0.5) is 0 Å². The maximum atomic E-state index is 11.8. The van der Waals surface area contributed by atoms with Crippen LogP contribution in [0.2, 0.25) is 36.3 Å². The molecule has 7 nitrogen and oxygen atoms in total. The Balaban J connectivity index is 2.27. The van der Waals surface area contributed by atoms with Crippen molar-refractivity contribution in [1.82, 2.24) is 0 Å². The molecule has 0 bridgehead atoms. The first-order valence-corrected chi connectivity index (χ1v) is 19.5. The molecule has 0 spiro atoms. The number of carbonyl (C=O) groups excluding carboxylic acids is 1. The van der Waals surface area contributed by atoms with Gasteiger partial charge in [-0.1, -0.05) is 48.5 Å². The topological polar surface area (TPSA) is 83.5 Å². The second-order valence-electron chi connectivity index (χ2n) is 13.8. The predicted octanol–water partition coefficient (Wildman–Crippen LogP) is 5.66. The van der Waals surface area contributed by atoms with Crippen LogP contribution < -0.4 is 0 Å². The zero-order valence-electron chi connectivity index (χ0n) is 25.0. The number of esters is 1. The zero-order valence-corrected chi connectivity index (χ0v) is 27.0. The number of aliphatic hydroxyl groups is 1. The molecule has 9 heteroatoms. The van der Waals surface area contributed by atoms with Gasteiger partial charge in [-0.25, -0.2) is 0 Å². The number of hydrogen-bond acceptors (Lipinski definition) is 7. The lowest BCUT2D eigenvalue weighted by molar-refractivity contribution is -0.268. The molecule has 2 heterocycles. The molecule has 0 saturated carbocycles. The highest BCUT2D eigenvalue weighted by molar-refractivity contribution is 6.74. The molecule has 0 aromatic heterocycles. The Morgan fingerprint density at radius 2 is 1.53 bits per heavy atom. The third kappa shape index (κ3) is 7.64. The van der Waals surface area contributed by atoms with Crippen LogP contribution in [0.25, 0.3) is 0 Å². The van der Waals surface area contributed by atoms with Crippen LogP contribution in [-0.4, -0.2) is 77.5 Å². The maximum absolute atomic E-state index is 11.8. The van der Waals surface area contributed by atoms with Gasteiger partial charge in [-0.3, -0.25) is 4.79 Å². The lowest BCUT2D eigenvalue weighted by Gasteiger charge is -2.52. The summed E-state index contributed by atoms with van der Waals surface area (Å²) in [6, 6.07) is 0. The average molecular weight is 547 g/mol. The molecule has 2 aliphatic rings. The fraction of sp³-hybridized carbons (Fsp3) is 0.963. The molecule has 0 radical (unpaired) electrons. The van der Waals surface area contributed by atoms with Crippen molar-refractivity contribution in [1.29, 1.82) is 0 Å². The van der Waals surface area contributed by atoms with Crippen molar-refractivity contribution < 1.29 is 33.0 Å². The Kier molecular flexibility index (Phi) is 10.5. The van der Waals surface area contributed by atoms with E-state index in [1.807, 2.05) is 0 Å². The minimum atomic E-state index is -2.06. The van der Waals surface area contributed by atoms with Crippen molar-refractivity contribution in [3.8, 4) is 0 Å². The molecule has 0 aliphatic carbocycles. The van der Waals surface area contributed by atoms with E-state index in [0.29, 0.717) is 13.0 Å². The van der Waals surface area contributed by atoms with Gasteiger partial charge in [0.15, 0.2) is 16.6 Å². The minimum Gasteiger partial charge on any atom is -0.459 e. The SMILES string of the molecule is CC(=O)O[C@@H]1[C@@H](C)[C@@H]2O[C@H](CCO[Si](C)(C)C(C)(C)C)C(O[Si](C)(C)C(C)(C)C)C[C@@H]2O[C@H]1CCO. The smallest absolute Gasteiger partial charge is 0.303 e. The van der Waals surface area contributed by atoms with Gasteiger partial charge in [0.05, 0.1) is 30.5 Å². The van der Waals surface area contributed by atoms with Gasteiger partial charge in [-0.15, -0.1) is 0 Å². The summed E-state index contributed by atoms with van der Waals surface area (Å²) >= 11 is 0. The molecule has 2 aliphatic heterocycles. The van der Waals surface area contributed by atoms with Crippen molar-refractivity contribution in [2.24, 2.45) is 5.92 Å². The van der Waals surface area contributed by atoms with Crippen LogP contribution >= 0.6 is 0 Å². The van der Waals surface area contributed by atoms with Gasteiger partial charge in [0.2, 0.25) is 0 Å². The second kappa shape index (κ2) is 11.8. The first kappa shape index (κ1) is 31.9. The van der Waals surface area contributed by atoms with Crippen LogP contribution in [-0.2, 0) is 27.9 Å². The summed E-state index contributed by atoms with van der Waals surface area (Å²) in [6.45, 7) is 26.7. The standard InChI is InChI=1S/C27H54O7Si2/c1-18-24(31-19(2)29)21(13-15-28)32-23-17-22(34-36(11,12)27(6,7)8)20(33-25(18)23)14-16-30-35(9,10)26(3,4)5/h18,20-25,28H,13-17H2,1-12H3/t18-,20-,21+,22?,23+,24-,25+/m1/s1. The molecule has 0 amide bonds. The fourth-order valence-electron chi connectivity index (χ4n) is 4.63. The van der Waals surface area contributed by atoms with E-state index in [-0.39, 0.29) is 59.1 Å². The van der Waals surface area contributed by atoms with Crippen LogP contribution in [0.3, 0.4) is 0 Å². The van der Waals surface area contributed by atoms with Gasteiger partial charge >= 0.3 is 5.97 Å². The first-order valence-electron chi connectivity index (χ1n) is 13.7. The van der Waals surface area contributed by atoms with E-state index < -0.39 is 22.7 Å². The lowest BCUT2D eigenvalue weighted by atomic mass is 9.81. The molecule has 212 valence electrons. The van der Waals surface area contributed by atoms with Gasteiger partial charge in [0.1, 0.15) is 6.10 Å². The Labute approximate surface area is 222 Å². The number of hydrogen-bond donors (Lipinski definition) is 1. The third-order valence-corrected chi connectivity index (χ3v) is 18.0. The van der Waals surface area contributed by atoms with Gasteiger partial charge in [-0.2, -0.15) is 0 Å². The Morgan fingerprint density at radius 3 is 2.03 bits per heavy atom. The Morgan fingerprint density at radius 1 is 0.944 bits per heavy atom. The summed E-state index contributed by atoms with van der Waals surface area (Å²) in [6.07, 6.45) is 0.496. The first-order chi connectivity index (χ1) is 16.3. The summed E-state index contributed by atoms with van der Waals surface area (Å²) < 4.78 is 32.3. The quantitative estimate of drug-likeness (QED) is 0.295. The molecule has 0 aromatic rings. The summed E-state index contributed by atoms with van der Waals surface area (Å²) in [5.41, 5.74) is 0. The van der Waals surface area contributed by atoms with Crippen LogP contribution in [0.15, 0.2) is 0 Å². The maximum Gasteiger partial charge on any atom is 0.303 e. The molecule has 7 atom stereocenters. The van der Waals surface area contributed by atoms with Crippen molar-refractivity contribution >= 4 is 22.6 Å². The van der Waals surface area contributed by atoms with E-state index in [0.717, 1.165) is 12.8 Å². The zero-order chi connectivity index (χ0) is 27.7. The van der Waals surface area contributed by atoms with Crippen molar-refractivity contribution in [2.75, 3.05) is 13.2 Å². The summed E-state index contributed by atoms with van der Waals surface area (Å²) in [4.78, 5) is 11.8. The van der Waals surface area contributed by atoms with E-state index in [4.69, 9.17) is 23.1 Å². The Bertz CT molecular complexity index is 729. The molecule has 2 saturated heterocycles. The average Bonchev–Trinajstić information content (AvgIpc) is 2.69.